The van der Waals surface area contributed by atoms with E-state index < -0.39 is 41.3 Å². The third kappa shape index (κ3) is 5.49. The first-order valence-corrected chi connectivity index (χ1v) is 15.9. The van der Waals surface area contributed by atoms with Crippen molar-refractivity contribution in [1.29, 1.82) is 0 Å². The van der Waals surface area contributed by atoms with Gasteiger partial charge in [-0.25, -0.2) is 22.0 Å². The van der Waals surface area contributed by atoms with Crippen molar-refractivity contribution < 1.29 is 31.8 Å². The maximum absolute atomic E-state index is 17.0. The molecule has 2 N–H and O–H groups in total. The van der Waals surface area contributed by atoms with Gasteiger partial charge in [-0.15, -0.1) is 6.42 Å². The largest absolute Gasteiger partial charge is 0.508 e. The number of ether oxygens (including phenoxy) is 1. The number of rotatable bonds is 5. The lowest BCUT2D eigenvalue weighted by atomic mass is 9.86. The Morgan fingerprint density at radius 1 is 1.11 bits per heavy atom. The first kappa shape index (κ1) is 31.4. The molecule has 0 aliphatic carbocycles. The van der Waals surface area contributed by atoms with Crippen LogP contribution >= 0.6 is 0 Å². The number of halogens is 5. The summed E-state index contributed by atoms with van der Waals surface area (Å²) in [6.45, 7) is 2.62. The molecule has 0 saturated carbocycles. The number of nitrogens with zero attached hydrogens (tertiary/aromatic N) is 4. The first-order valence-electron chi connectivity index (χ1n) is 15.9. The Hall–Kier alpha value is -4.21. The quantitative estimate of drug-likeness (QED) is 0.206. The van der Waals surface area contributed by atoms with E-state index in [4.69, 9.17) is 16.1 Å². The number of hydrogen-bond donors (Lipinski definition) is 2. The SMILES string of the molecule is C#Cc1c(F)ccc2cc(O)cc(-c3c(F)c4c5c(nc(OCC6CN(C)CCC6C(F)F)nc5c3F)N3CCNCC3CCC4)c12. The van der Waals surface area contributed by atoms with Crippen LogP contribution in [-0.4, -0.2) is 78.8 Å². The molecule has 246 valence electrons. The molecule has 0 bridgehead atoms. The zero-order valence-electron chi connectivity index (χ0n) is 25.8. The molecule has 2 fully saturated rings. The topological polar surface area (TPSA) is 73.8 Å². The Balaban J connectivity index is 1.46. The van der Waals surface area contributed by atoms with Crippen LogP contribution in [0.25, 0.3) is 32.8 Å². The van der Waals surface area contributed by atoms with E-state index in [1.54, 1.807) is 0 Å². The van der Waals surface area contributed by atoms with Crippen molar-refractivity contribution in [2.24, 2.45) is 11.8 Å². The molecule has 3 atom stereocenters. The van der Waals surface area contributed by atoms with Crippen LogP contribution in [0.2, 0.25) is 0 Å². The van der Waals surface area contributed by atoms with Crippen molar-refractivity contribution in [2.75, 3.05) is 51.3 Å². The van der Waals surface area contributed by atoms with Crippen LogP contribution in [0, 0.1) is 41.6 Å². The molecule has 0 spiro atoms. The molecule has 4 heterocycles. The molecule has 0 radical (unpaired) electrons. The lowest BCUT2D eigenvalue weighted by Crippen LogP contribution is -2.52. The van der Waals surface area contributed by atoms with E-state index in [0.717, 1.165) is 6.07 Å². The maximum atomic E-state index is 17.0. The predicted octanol–water partition coefficient (Wildman–Crippen LogP) is 5.88. The number of anilines is 1. The molecule has 12 heteroatoms. The van der Waals surface area contributed by atoms with Crippen LogP contribution in [0.5, 0.6) is 11.8 Å². The fraction of sp³-hybridized carbons (Fsp3) is 0.429. The van der Waals surface area contributed by atoms with Gasteiger partial charge >= 0.3 is 6.01 Å². The number of piperidine rings is 1. The van der Waals surface area contributed by atoms with Crippen molar-refractivity contribution in [3.05, 3.63) is 52.8 Å². The zero-order valence-corrected chi connectivity index (χ0v) is 25.8. The van der Waals surface area contributed by atoms with Gasteiger partial charge in [0, 0.05) is 60.6 Å². The number of likely N-dealkylation sites (tertiary alicyclic amines) is 1. The number of aromatic nitrogens is 2. The lowest BCUT2D eigenvalue weighted by molar-refractivity contribution is -0.0142. The van der Waals surface area contributed by atoms with Gasteiger partial charge in [-0.1, -0.05) is 12.0 Å². The standard InChI is InChI=1S/C35H34F5N5O2/c1-3-22-26(36)8-7-18-13-21(46)14-25(27(18)22)28-30(37)24-6-4-5-20-15-41-10-12-45(20)34-29(24)32(31(28)38)42-35(43-34)47-17-19-16-44(2)11-9-23(19)33(39)40/h1,7-8,13-14,19-20,23,33,41,46H,4-6,9-12,15-17H2,2H3. The molecule has 2 saturated heterocycles. The van der Waals surface area contributed by atoms with Gasteiger partial charge in [0.1, 0.15) is 28.7 Å². The van der Waals surface area contributed by atoms with E-state index in [1.165, 1.54) is 18.2 Å². The third-order valence-corrected chi connectivity index (χ3v) is 9.88. The predicted molar refractivity (Wildman–Crippen MR) is 169 cm³/mol. The van der Waals surface area contributed by atoms with Crippen molar-refractivity contribution in [3.8, 4) is 35.2 Å². The van der Waals surface area contributed by atoms with Gasteiger partial charge < -0.3 is 25.0 Å². The van der Waals surface area contributed by atoms with Gasteiger partial charge in [0.15, 0.2) is 5.82 Å². The average molecular weight is 652 g/mol. The van der Waals surface area contributed by atoms with Crippen LogP contribution in [0.3, 0.4) is 0 Å². The minimum atomic E-state index is -2.52. The van der Waals surface area contributed by atoms with Gasteiger partial charge in [-0.05, 0) is 62.9 Å². The van der Waals surface area contributed by atoms with Crippen LogP contribution in [0.4, 0.5) is 27.8 Å². The Morgan fingerprint density at radius 3 is 2.72 bits per heavy atom. The number of aryl methyl sites for hydroxylation is 1. The Kier molecular flexibility index (Phi) is 8.30. The van der Waals surface area contributed by atoms with Crippen LogP contribution in [-0.2, 0) is 6.42 Å². The van der Waals surface area contributed by atoms with E-state index in [-0.39, 0.29) is 63.8 Å². The van der Waals surface area contributed by atoms with Crippen molar-refractivity contribution in [2.45, 2.75) is 38.2 Å². The second-order valence-electron chi connectivity index (χ2n) is 12.8. The number of aromatic hydroxyl groups is 1. The Bertz CT molecular complexity index is 1910. The summed E-state index contributed by atoms with van der Waals surface area (Å²) in [5.74, 6) is -1.72. The van der Waals surface area contributed by atoms with Crippen molar-refractivity contribution in [3.63, 3.8) is 0 Å². The van der Waals surface area contributed by atoms with Gasteiger partial charge in [-0.3, -0.25) is 0 Å². The van der Waals surface area contributed by atoms with Crippen molar-refractivity contribution in [1.82, 2.24) is 20.2 Å². The van der Waals surface area contributed by atoms with E-state index >= 15 is 8.78 Å². The number of benzene rings is 3. The van der Waals surface area contributed by atoms with E-state index in [2.05, 4.69) is 16.2 Å². The summed E-state index contributed by atoms with van der Waals surface area (Å²) in [6.07, 6.45) is 4.99. The van der Waals surface area contributed by atoms with Gasteiger partial charge in [0.05, 0.1) is 23.1 Å². The van der Waals surface area contributed by atoms with E-state index in [1.807, 2.05) is 16.8 Å². The summed E-state index contributed by atoms with van der Waals surface area (Å²) in [5, 5.41) is 14.6. The van der Waals surface area contributed by atoms with Crippen molar-refractivity contribution >= 4 is 27.5 Å². The first-order chi connectivity index (χ1) is 22.7. The molecular formula is C35H34F5N5O2. The zero-order chi connectivity index (χ0) is 33.0. The van der Waals surface area contributed by atoms with E-state index in [0.29, 0.717) is 63.2 Å². The molecular weight excluding hydrogens is 617 g/mol. The molecule has 4 aromatic rings. The number of piperazine rings is 1. The average Bonchev–Trinajstić information content (AvgIpc) is 3.04. The summed E-state index contributed by atoms with van der Waals surface area (Å²) >= 11 is 0. The Morgan fingerprint density at radius 2 is 1.94 bits per heavy atom. The second-order valence-corrected chi connectivity index (χ2v) is 12.8. The number of hydrogen-bond acceptors (Lipinski definition) is 7. The molecule has 47 heavy (non-hydrogen) atoms. The summed E-state index contributed by atoms with van der Waals surface area (Å²) in [6, 6.07) is 4.84. The van der Waals surface area contributed by atoms with E-state index in [9.17, 15) is 18.3 Å². The number of phenolic OH excluding ortho intramolecular Hbond substituents is 1. The highest BCUT2D eigenvalue weighted by Gasteiger charge is 2.36. The van der Waals surface area contributed by atoms with Crippen LogP contribution in [0.1, 0.15) is 30.4 Å². The molecule has 3 unspecified atom stereocenters. The van der Waals surface area contributed by atoms with Gasteiger partial charge in [0.25, 0.3) is 0 Å². The monoisotopic (exact) mass is 651 g/mol. The molecule has 3 aromatic carbocycles. The normalized spacial score (nSPS) is 21.8. The number of fused-ring (bicyclic) bond motifs is 3. The fourth-order valence-corrected chi connectivity index (χ4v) is 7.58. The lowest BCUT2D eigenvalue weighted by Gasteiger charge is -2.39. The maximum Gasteiger partial charge on any atom is 0.319 e. The molecule has 3 aliphatic rings. The summed E-state index contributed by atoms with van der Waals surface area (Å²) in [5.41, 5.74) is -0.833. The second kappa shape index (κ2) is 12.4. The highest BCUT2D eigenvalue weighted by Crippen LogP contribution is 2.45. The smallest absolute Gasteiger partial charge is 0.319 e. The molecule has 1 aromatic heterocycles. The summed E-state index contributed by atoms with van der Waals surface area (Å²) < 4.78 is 82.7. The molecule has 0 amide bonds. The number of phenols is 1. The number of terminal acetylenes is 1. The highest BCUT2D eigenvalue weighted by molar-refractivity contribution is 6.05. The third-order valence-electron chi connectivity index (χ3n) is 9.88. The fourth-order valence-electron chi connectivity index (χ4n) is 7.58. The number of alkyl halides is 2. The highest BCUT2D eigenvalue weighted by atomic mass is 19.3. The van der Waals surface area contributed by atoms with Crippen LogP contribution < -0.4 is 15.0 Å². The minimum Gasteiger partial charge on any atom is -0.508 e. The van der Waals surface area contributed by atoms with Crippen LogP contribution in [0.15, 0.2) is 24.3 Å². The molecule has 7 nitrogen and oxygen atoms in total. The Labute approximate surface area is 268 Å². The summed E-state index contributed by atoms with van der Waals surface area (Å²) in [7, 11) is 1.86. The molecule has 3 aliphatic heterocycles. The number of nitrogens with one attached hydrogen (secondary N) is 1. The van der Waals surface area contributed by atoms with Gasteiger partial charge in [-0.2, -0.15) is 9.97 Å². The summed E-state index contributed by atoms with van der Waals surface area (Å²) in [4.78, 5) is 13.1. The minimum absolute atomic E-state index is 0.0000306. The van der Waals surface area contributed by atoms with Gasteiger partial charge in [0.2, 0.25) is 6.43 Å². The molecule has 7 rings (SSSR count).